The molecule has 1 aromatic carbocycles. The van der Waals surface area contributed by atoms with Gasteiger partial charge in [-0.15, -0.1) is 6.42 Å². The van der Waals surface area contributed by atoms with Gasteiger partial charge in [0, 0.05) is 47.8 Å². The lowest BCUT2D eigenvalue weighted by Crippen LogP contribution is -2.39. The van der Waals surface area contributed by atoms with Crippen molar-refractivity contribution in [1.82, 2.24) is 4.90 Å². The first-order valence-corrected chi connectivity index (χ1v) is 12.1. The predicted octanol–water partition coefficient (Wildman–Crippen LogP) is 5.29. The van der Waals surface area contributed by atoms with Crippen molar-refractivity contribution >= 4 is 27.5 Å². The van der Waals surface area contributed by atoms with E-state index in [0.717, 1.165) is 60.3 Å². The quantitative estimate of drug-likeness (QED) is 0.499. The van der Waals surface area contributed by atoms with E-state index in [-0.39, 0.29) is 24.1 Å². The van der Waals surface area contributed by atoms with E-state index in [1.807, 2.05) is 19.1 Å². The van der Waals surface area contributed by atoms with E-state index >= 15 is 0 Å². The minimum atomic E-state index is -0.374. The highest BCUT2D eigenvalue weighted by molar-refractivity contribution is 9.10. The molecule has 1 aromatic rings. The van der Waals surface area contributed by atoms with Crippen LogP contribution in [0, 0.1) is 12.3 Å². The van der Waals surface area contributed by atoms with Crippen LogP contribution in [-0.2, 0) is 9.59 Å². The van der Waals surface area contributed by atoms with Crippen molar-refractivity contribution in [3.8, 4) is 23.8 Å². The number of terminal acetylenes is 1. The van der Waals surface area contributed by atoms with E-state index < -0.39 is 0 Å². The smallest absolute Gasteiger partial charge is 0.176 e. The van der Waals surface area contributed by atoms with Crippen LogP contribution in [0.1, 0.15) is 63.9 Å². The van der Waals surface area contributed by atoms with Crippen LogP contribution >= 0.6 is 15.9 Å². The average Bonchev–Trinajstić information content (AvgIpc) is 2.77. The Morgan fingerprint density at radius 1 is 1.03 bits per heavy atom. The molecule has 1 heterocycles. The van der Waals surface area contributed by atoms with Gasteiger partial charge in [-0.3, -0.25) is 9.59 Å². The van der Waals surface area contributed by atoms with Crippen LogP contribution in [-0.4, -0.2) is 36.2 Å². The molecule has 0 saturated carbocycles. The van der Waals surface area contributed by atoms with E-state index in [4.69, 9.17) is 15.9 Å². The summed E-state index contributed by atoms with van der Waals surface area (Å²) >= 11 is 3.61. The highest BCUT2D eigenvalue weighted by atomic mass is 79.9. The van der Waals surface area contributed by atoms with Crippen molar-refractivity contribution in [1.29, 1.82) is 0 Å². The Morgan fingerprint density at radius 2 is 1.66 bits per heavy atom. The topological polar surface area (TPSA) is 55.8 Å². The highest BCUT2D eigenvalue weighted by Crippen LogP contribution is 2.51. The number of hydrogen-bond acceptors (Lipinski definition) is 5. The third-order valence-electron chi connectivity index (χ3n) is 6.37. The lowest BCUT2D eigenvalue weighted by molar-refractivity contribution is -0.117. The molecule has 168 valence electrons. The lowest BCUT2D eigenvalue weighted by atomic mass is 9.71. The molecular formula is C26H28BrNO4. The van der Waals surface area contributed by atoms with E-state index in [9.17, 15) is 9.59 Å². The van der Waals surface area contributed by atoms with Crippen LogP contribution in [0.3, 0.4) is 0 Å². The lowest BCUT2D eigenvalue weighted by Gasteiger charge is -2.43. The number of halogens is 1. The Bertz CT molecular complexity index is 1020. The molecule has 2 aliphatic carbocycles. The SMILES string of the molecule is C#CCOc1c(Br)cc(C2C3=C(CCCC3=O)N(CC)C3=C2C(=O)CCC3)cc1OCC. The number of benzene rings is 1. The predicted molar refractivity (Wildman–Crippen MR) is 127 cm³/mol. The van der Waals surface area contributed by atoms with Crippen LogP contribution in [0.25, 0.3) is 0 Å². The summed E-state index contributed by atoms with van der Waals surface area (Å²) in [5.41, 5.74) is 4.60. The number of nitrogens with zero attached hydrogens (tertiary/aromatic N) is 1. The molecule has 0 unspecified atom stereocenters. The van der Waals surface area contributed by atoms with E-state index in [1.54, 1.807) is 0 Å². The minimum Gasteiger partial charge on any atom is -0.490 e. The Kier molecular flexibility index (Phi) is 6.76. The van der Waals surface area contributed by atoms with Crippen molar-refractivity contribution in [2.75, 3.05) is 19.8 Å². The van der Waals surface area contributed by atoms with E-state index in [2.05, 4.69) is 33.7 Å². The van der Waals surface area contributed by atoms with E-state index in [1.165, 1.54) is 0 Å². The summed E-state index contributed by atoms with van der Waals surface area (Å²) in [4.78, 5) is 28.7. The zero-order valence-electron chi connectivity index (χ0n) is 18.6. The Balaban J connectivity index is 1.93. The zero-order valence-corrected chi connectivity index (χ0v) is 20.2. The van der Waals surface area contributed by atoms with Crippen LogP contribution < -0.4 is 9.47 Å². The zero-order chi connectivity index (χ0) is 22.8. The van der Waals surface area contributed by atoms with Crippen molar-refractivity contribution in [2.45, 2.75) is 58.3 Å². The summed E-state index contributed by atoms with van der Waals surface area (Å²) in [5, 5.41) is 0. The molecule has 6 heteroatoms. The molecule has 0 radical (unpaired) electrons. The number of ketones is 2. The van der Waals surface area contributed by atoms with Crippen LogP contribution in [0.5, 0.6) is 11.5 Å². The molecule has 32 heavy (non-hydrogen) atoms. The van der Waals surface area contributed by atoms with Gasteiger partial charge < -0.3 is 14.4 Å². The Morgan fingerprint density at radius 3 is 2.19 bits per heavy atom. The van der Waals surface area contributed by atoms with Gasteiger partial charge in [-0.1, -0.05) is 5.92 Å². The number of rotatable bonds is 6. The van der Waals surface area contributed by atoms with Gasteiger partial charge in [0.25, 0.3) is 0 Å². The molecule has 0 aromatic heterocycles. The first-order valence-electron chi connectivity index (χ1n) is 11.3. The normalized spacial score (nSPS) is 19.0. The minimum absolute atomic E-state index is 0.120. The Labute approximate surface area is 198 Å². The second kappa shape index (κ2) is 9.54. The second-order valence-electron chi connectivity index (χ2n) is 8.21. The molecule has 1 aliphatic heterocycles. The number of carbonyl (C=O) groups is 2. The fourth-order valence-corrected chi connectivity index (χ4v) is 5.78. The molecule has 0 atom stereocenters. The van der Waals surface area contributed by atoms with E-state index in [0.29, 0.717) is 35.4 Å². The summed E-state index contributed by atoms with van der Waals surface area (Å²) in [6.45, 7) is 5.33. The van der Waals surface area contributed by atoms with Gasteiger partial charge in [0.05, 0.1) is 11.1 Å². The van der Waals surface area contributed by atoms with Gasteiger partial charge in [0.1, 0.15) is 6.61 Å². The molecule has 0 amide bonds. The first-order chi connectivity index (χ1) is 15.5. The molecule has 0 spiro atoms. The van der Waals surface area contributed by atoms with Crippen molar-refractivity contribution in [2.24, 2.45) is 0 Å². The molecule has 4 rings (SSSR count). The average molecular weight is 498 g/mol. The molecule has 0 fully saturated rings. The maximum absolute atomic E-state index is 13.3. The molecule has 0 saturated heterocycles. The first kappa shape index (κ1) is 22.7. The fourth-order valence-electron chi connectivity index (χ4n) is 5.20. The summed E-state index contributed by atoms with van der Waals surface area (Å²) in [6, 6.07) is 3.85. The monoisotopic (exact) mass is 497 g/mol. The maximum atomic E-state index is 13.3. The molecule has 5 nitrogen and oxygen atoms in total. The molecular weight excluding hydrogens is 470 g/mol. The largest absolute Gasteiger partial charge is 0.490 e. The van der Waals surface area contributed by atoms with Crippen LogP contribution in [0.15, 0.2) is 39.1 Å². The summed E-state index contributed by atoms with van der Waals surface area (Å²) in [6.07, 6.45) is 9.84. The maximum Gasteiger partial charge on any atom is 0.176 e. The van der Waals surface area contributed by atoms with Crippen molar-refractivity contribution in [3.05, 3.63) is 44.7 Å². The van der Waals surface area contributed by atoms with Gasteiger partial charge in [-0.05, 0) is 73.2 Å². The summed E-state index contributed by atoms with van der Waals surface area (Å²) in [5.74, 6) is 3.48. The fraction of sp³-hybridized carbons (Fsp3) is 0.462. The van der Waals surface area contributed by atoms with Gasteiger partial charge >= 0.3 is 0 Å². The van der Waals surface area contributed by atoms with Gasteiger partial charge in [-0.2, -0.15) is 0 Å². The second-order valence-corrected chi connectivity index (χ2v) is 9.06. The third kappa shape index (κ3) is 3.88. The summed E-state index contributed by atoms with van der Waals surface area (Å²) in [7, 11) is 0. The Hall–Kier alpha value is -2.52. The third-order valence-corrected chi connectivity index (χ3v) is 6.96. The van der Waals surface area contributed by atoms with Gasteiger partial charge in [-0.25, -0.2) is 0 Å². The highest BCUT2D eigenvalue weighted by Gasteiger charge is 2.43. The number of Topliss-reactive ketones (excluding diaryl/α,β-unsaturated/α-hetero) is 2. The van der Waals surface area contributed by atoms with Crippen LogP contribution in [0.2, 0.25) is 0 Å². The van der Waals surface area contributed by atoms with Crippen molar-refractivity contribution in [3.63, 3.8) is 0 Å². The summed E-state index contributed by atoms with van der Waals surface area (Å²) < 4.78 is 12.3. The van der Waals surface area contributed by atoms with Gasteiger partial charge in [0.2, 0.25) is 0 Å². The number of allylic oxidation sites excluding steroid dienone is 4. The van der Waals surface area contributed by atoms with Crippen LogP contribution in [0.4, 0.5) is 0 Å². The number of ether oxygens (including phenoxy) is 2. The standard InChI is InChI=1S/C26H28BrNO4/c1-4-13-32-26-17(27)14-16(15-22(26)31-6-3)23-24-18(9-7-11-20(24)29)28(5-2)19-10-8-12-21(30)25(19)23/h1,14-15,23H,5-13H2,2-3H3. The number of carbonyl (C=O) groups excluding carboxylic acids is 2. The molecule has 0 bridgehead atoms. The molecule has 3 aliphatic rings. The molecule has 0 N–H and O–H groups in total. The number of hydrogen-bond donors (Lipinski definition) is 0. The van der Waals surface area contributed by atoms with Crippen molar-refractivity contribution < 1.29 is 19.1 Å². The van der Waals surface area contributed by atoms with Gasteiger partial charge in [0.15, 0.2) is 23.1 Å².